The van der Waals surface area contributed by atoms with Gasteiger partial charge in [0, 0.05) is 50.4 Å². The predicted molar refractivity (Wildman–Crippen MR) is 182 cm³/mol. The van der Waals surface area contributed by atoms with E-state index in [9.17, 15) is 35.9 Å². The Hall–Kier alpha value is -3.90. The Bertz CT molecular complexity index is 1600. The van der Waals surface area contributed by atoms with E-state index in [0.29, 0.717) is 64.1 Å². The molecule has 2 amide bonds. The van der Waals surface area contributed by atoms with E-state index in [0.717, 1.165) is 43.2 Å². The summed E-state index contributed by atoms with van der Waals surface area (Å²) in [5.74, 6) is -0.833. The van der Waals surface area contributed by atoms with Crippen LogP contribution in [0.1, 0.15) is 77.6 Å². The molecule has 1 aliphatic carbocycles. The van der Waals surface area contributed by atoms with Gasteiger partial charge in [-0.1, -0.05) is 79.9 Å². The summed E-state index contributed by atoms with van der Waals surface area (Å²) in [6.45, 7) is 3.26. The number of nitrogens with one attached hydrogen (secondary N) is 1. The van der Waals surface area contributed by atoms with Gasteiger partial charge in [-0.25, -0.2) is 0 Å². The Morgan fingerprint density at radius 1 is 0.745 bits per heavy atom. The molecular weight excluding hydrogens is 670 g/mol. The van der Waals surface area contributed by atoms with E-state index >= 15 is 0 Å². The molecule has 6 nitrogen and oxygen atoms in total. The van der Waals surface area contributed by atoms with Crippen LogP contribution in [0.3, 0.4) is 0 Å². The maximum Gasteiger partial charge on any atom is 0.416 e. The molecule has 2 unspecified atom stereocenters. The second kappa shape index (κ2) is 15.4. The highest BCUT2D eigenvalue weighted by Gasteiger charge is 2.41. The summed E-state index contributed by atoms with van der Waals surface area (Å²) in [5, 5.41) is 3.40. The predicted octanol–water partition coefficient (Wildman–Crippen LogP) is 7.53. The van der Waals surface area contributed by atoms with Crippen LogP contribution in [0.15, 0.2) is 78.9 Å². The lowest BCUT2D eigenvalue weighted by atomic mass is 9.76. The topological polar surface area (TPSA) is 55.9 Å². The van der Waals surface area contributed by atoms with Gasteiger partial charge in [0.1, 0.15) is 0 Å². The van der Waals surface area contributed by atoms with Crippen LogP contribution in [-0.4, -0.2) is 77.9 Å². The van der Waals surface area contributed by atoms with Gasteiger partial charge in [-0.2, -0.15) is 26.3 Å². The van der Waals surface area contributed by atoms with E-state index in [1.54, 1.807) is 0 Å². The molecule has 0 bridgehead atoms. The van der Waals surface area contributed by atoms with E-state index in [4.69, 9.17) is 0 Å². The van der Waals surface area contributed by atoms with E-state index in [1.807, 2.05) is 48.5 Å². The third kappa shape index (κ3) is 8.95. The van der Waals surface area contributed by atoms with Gasteiger partial charge in [0.05, 0.1) is 23.2 Å². The molecule has 2 saturated heterocycles. The molecule has 12 heteroatoms. The van der Waals surface area contributed by atoms with Crippen molar-refractivity contribution >= 4 is 11.8 Å². The van der Waals surface area contributed by atoms with Crippen molar-refractivity contribution < 1.29 is 35.9 Å². The molecule has 3 aromatic rings. The standard InChI is InChI=1S/C39H44F6N4O2/c40-38(41,42)31-23-29(24-32(25-31)39(43,44)45)36(51)49-17-14-33(26-34(49)22-28-10-4-1-5-11-28)48-20-18-47(19-21-48)27-35(50)46-37(15-8-3-9-16-37)30-12-6-2-7-13-30/h1-2,4-7,10-13,23-25,33-34H,3,8-9,14-22,26-27H2,(H,46,50). The van der Waals surface area contributed by atoms with Crippen molar-refractivity contribution in [3.05, 3.63) is 107 Å². The van der Waals surface area contributed by atoms with Crippen molar-refractivity contribution in [3.63, 3.8) is 0 Å². The number of likely N-dealkylation sites (tertiary alicyclic amines) is 1. The van der Waals surface area contributed by atoms with Crippen LogP contribution in [0.4, 0.5) is 26.3 Å². The van der Waals surface area contributed by atoms with E-state index in [2.05, 4.69) is 27.2 Å². The largest absolute Gasteiger partial charge is 0.416 e. The Morgan fingerprint density at radius 3 is 1.92 bits per heavy atom. The van der Waals surface area contributed by atoms with Crippen LogP contribution in [0.2, 0.25) is 0 Å². The van der Waals surface area contributed by atoms with Gasteiger partial charge in [0.15, 0.2) is 0 Å². The third-order valence-corrected chi connectivity index (χ3v) is 10.8. The van der Waals surface area contributed by atoms with E-state index in [1.165, 1.54) is 4.90 Å². The Morgan fingerprint density at radius 2 is 1.33 bits per heavy atom. The van der Waals surface area contributed by atoms with E-state index < -0.39 is 41.0 Å². The number of alkyl halides is 6. The van der Waals surface area contributed by atoms with Crippen molar-refractivity contribution in [1.29, 1.82) is 0 Å². The van der Waals surface area contributed by atoms with Gasteiger partial charge in [0.2, 0.25) is 5.91 Å². The summed E-state index contributed by atoms with van der Waals surface area (Å²) in [7, 11) is 0. The summed E-state index contributed by atoms with van der Waals surface area (Å²) in [6.07, 6.45) is -3.50. The fraction of sp³-hybridized carbons (Fsp3) is 0.487. The van der Waals surface area contributed by atoms with Gasteiger partial charge in [-0.3, -0.25) is 19.4 Å². The molecule has 51 heavy (non-hydrogen) atoms. The van der Waals surface area contributed by atoms with Gasteiger partial charge >= 0.3 is 12.4 Å². The summed E-state index contributed by atoms with van der Waals surface area (Å²) in [4.78, 5) is 33.1. The van der Waals surface area contributed by atoms with Gasteiger partial charge in [-0.05, 0) is 61.4 Å². The lowest BCUT2D eigenvalue weighted by molar-refractivity contribution is -0.143. The molecule has 0 aromatic heterocycles. The maximum absolute atomic E-state index is 13.8. The number of benzene rings is 3. The van der Waals surface area contributed by atoms with Crippen molar-refractivity contribution in [1.82, 2.24) is 20.0 Å². The minimum atomic E-state index is -5.05. The van der Waals surface area contributed by atoms with Crippen molar-refractivity contribution in [2.24, 2.45) is 0 Å². The zero-order valence-corrected chi connectivity index (χ0v) is 28.5. The quantitative estimate of drug-likeness (QED) is 0.245. The number of carbonyl (C=O) groups is 2. The van der Waals surface area contributed by atoms with Crippen LogP contribution in [0.5, 0.6) is 0 Å². The Kier molecular flexibility index (Phi) is 11.1. The number of piperidine rings is 1. The second-order valence-corrected chi connectivity index (χ2v) is 14.2. The normalized spacial score (nSPS) is 22.0. The number of rotatable bonds is 8. The molecule has 2 atom stereocenters. The highest BCUT2D eigenvalue weighted by Crippen LogP contribution is 2.39. The summed E-state index contributed by atoms with van der Waals surface area (Å²) >= 11 is 0. The van der Waals surface area contributed by atoms with Gasteiger partial charge < -0.3 is 10.2 Å². The fourth-order valence-corrected chi connectivity index (χ4v) is 8.15. The zero-order chi connectivity index (χ0) is 36.2. The smallest absolute Gasteiger partial charge is 0.345 e. The van der Waals surface area contributed by atoms with Crippen LogP contribution >= 0.6 is 0 Å². The minimum Gasteiger partial charge on any atom is -0.345 e. The van der Waals surface area contributed by atoms with Gasteiger partial charge in [-0.15, -0.1) is 0 Å². The molecular formula is C39H44F6N4O2. The lowest BCUT2D eigenvalue weighted by Crippen LogP contribution is -2.58. The summed E-state index contributed by atoms with van der Waals surface area (Å²) in [5.41, 5.74) is -1.91. The molecule has 0 radical (unpaired) electrons. The Balaban J connectivity index is 1.12. The minimum absolute atomic E-state index is 0.00669. The zero-order valence-electron chi connectivity index (χ0n) is 28.5. The molecule has 2 aliphatic heterocycles. The monoisotopic (exact) mass is 714 g/mol. The molecule has 3 aromatic carbocycles. The van der Waals surface area contributed by atoms with Crippen LogP contribution in [0, 0.1) is 0 Å². The summed E-state index contributed by atoms with van der Waals surface area (Å²) < 4.78 is 81.8. The lowest BCUT2D eigenvalue weighted by Gasteiger charge is -2.46. The number of carbonyl (C=O) groups excluding carboxylic acids is 2. The summed E-state index contributed by atoms with van der Waals surface area (Å²) in [6, 6.07) is 20.3. The Labute approximate surface area is 294 Å². The first kappa shape index (κ1) is 36.9. The second-order valence-electron chi connectivity index (χ2n) is 14.2. The van der Waals surface area contributed by atoms with Crippen molar-refractivity contribution in [2.45, 2.75) is 81.3 Å². The van der Waals surface area contributed by atoms with Crippen molar-refractivity contribution in [2.75, 3.05) is 39.3 Å². The van der Waals surface area contributed by atoms with Crippen LogP contribution < -0.4 is 5.32 Å². The molecule has 3 fully saturated rings. The first-order chi connectivity index (χ1) is 24.3. The number of nitrogens with zero attached hydrogens (tertiary/aromatic N) is 3. The molecule has 274 valence electrons. The molecule has 0 spiro atoms. The highest BCUT2D eigenvalue weighted by molar-refractivity contribution is 5.95. The molecule has 6 rings (SSSR count). The van der Waals surface area contributed by atoms with Gasteiger partial charge in [0.25, 0.3) is 5.91 Å². The first-order valence-electron chi connectivity index (χ1n) is 17.8. The van der Waals surface area contributed by atoms with Crippen LogP contribution in [-0.2, 0) is 29.1 Å². The molecule has 3 aliphatic rings. The number of piperazine rings is 1. The molecule has 2 heterocycles. The van der Waals surface area contributed by atoms with Crippen LogP contribution in [0.25, 0.3) is 0 Å². The number of amides is 2. The number of halogens is 6. The first-order valence-corrected chi connectivity index (χ1v) is 17.8. The molecule has 1 N–H and O–H groups in total. The van der Waals surface area contributed by atoms with E-state index in [-0.39, 0.29) is 30.1 Å². The average molecular weight is 715 g/mol. The number of hydrogen-bond acceptors (Lipinski definition) is 4. The fourth-order valence-electron chi connectivity index (χ4n) is 8.15. The average Bonchev–Trinajstić information content (AvgIpc) is 3.12. The SMILES string of the molecule is O=C(CN1CCN(C2CCN(C(=O)c3cc(C(F)(F)F)cc(C(F)(F)F)c3)C(Cc3ccccc3)C2)CC1)NC1(c2ccccc2)CCCCC1. The third-order valence-electron chi connectivity index (χ3n) is 10.8. The highest BCUT2D eigenvalue weighted by atomic mass is 19.4. The molecule has 1 saturated carbocycles. The maximum atomic E-state index is 13.8. The van der Waals surface area contributed by atoms with Crippen molar-refractivity contribution in [3.8, 4) is 0 Å². The number of hydrogen-bond donors (Lipinski definition) is 1.